The second-order valence-corrected chi connectivity index (χ2v) is 5.04. The smallest absolute Gasteiger partial charge is 0.258 e. The molecule has 2 rings (SSSR count). The van der Waals surface area contributed by atoms with Gasteiger partial charge in [0.25, 0.3) is 5.91 Å². The van der Waals surface area contributed by atoms with E-state index >= 15 is 0 Å². The molecule has 0 aromatic heterocycles. The number of anilines is 1. The van der Waals surface area contributed by atoms with Gasteiger partial charge in [0, 0.05) is 24.8 Å². The standard InChI is InChI=1S/C17H20N2O/c1-12-7-8-15(9-13(12)2)17(20)19(3)16-6-4-5-14(10-16)11-18/h4-10H,11,18H2,1-3H3. The summed E-state index contributed by atoms with van der Waals surface area (Å²) in [5.74, 6) is -0.0118. The zero-order chi connectivity index (χ0) is 14.7. The maximum Gasteiger partial charge on any atom is 0.258 e. The van der Waals surface area contributed by atoms with Crippen molar-refractivity contribution in [2.24, 2.45) is 5.73 Å². The first-order chi connectivity index (χ1) is 9.52. The molecule has 0 saturated heterocycles. The molecule has 0 spiro atoms. The molecule has 0 aliphatic heterocycles. The zero-order valence-electron chi connectivity index (χ0n) is 12.2. The lowest BCUT2D eigenvalue weighted by atomic mass is 10.1. The lowest BCUT2D eigenvalue weighted by Gasteiger charge is -2.18. The van der Waals surface area contributed by atoms with E-state index in [4.69, 9.17) is 5.73 Å². The fraction of sp³-hybridized carbons (Fsp3) is 0.235. The van der Waals surface area contributed by atoms with Crippen LogP contribution in [0.5, 0.6) is 0 Å². The van der Waals surface area contributed by atoms with E-state index in [0.29, 0.717) is 12.1 Å². The topological polar surface area (TPSA) is 46.3 Å². The average Bonchev–Trinajstić information content (AvgIpc) is 2.48. The first-order valence-electron chi connectivity index (χ1n) is 6.67. The van der Waals surface area contributed by atoms with E-state index in [1.165, 1.54) is 5.56 Å². The fourth-order valence-electron chi connectivity index (χ4n) is 2.08. The Morgan fingerprint density at radius 1 is 1.10 bits per heavy atom. The van der Waals surface area contributed by atoms with Gasteiger partial charge in [-0.05, 0) is 54.8 Å². The Hall–Kier alpha value is -2.13. The molecule has 0 aliphatic carbocycles. The molecule has 0 atom stereocenters. The molecule has 0 aliphatic rings. The Morgan fingerprint density at radius 2 is 1.85 bits per heavy atom. The molecular weight excluding hydrogens is 248 g/mol. The van der Waals surface area contributed by atoms with Crippen molar-refractivity contribution in [3.63, 3.8) is 0 Å². The predicted octanol–water partition coefficient (Wildman–Crippen LogP) is 3.04. The summed E-state index contributed by atoms with van der Waals surface area (Å²) < 4.78 is 0. The highest BCUT2D eigenvalue weighted by Crippen LogP contribution is 2.18. The maximum atomic E-state index is 12.5. The summed E-state index contributed by atoms with van der Waals surface area (Å²) in [6.07, 6.45) is 0. The van der Waals surface area contributed by atoms with Gasteiger partial charge in [0.05, 0.1) is 0 Å². The first-order valence-corrected chi connectivity index (χ1v) is 6.67. The molecule has 0 fully saturated rings. The third-order valence-electron chi connectivity index (χ3n) is 3.59. The van der Waals surface area contributed by atoms with Crippen LogP contribution in [0.3, 0.4) is 0 Å². The molecule has 2 aromatic rings. The maximum absolute atomic E-state index is 12.5. The van der Waals surface area contributed by atoms with Crippen LogP contribution in [0.4, 0.5) is 5.69 Å². The number of carbonyl (C=O) groups excluding carboxylic acids is 1. The van der Waals surface area contributed by atoms with E-state index in [2.05, 4.69) is 0 Å². The van der Waals surface area contributed by atoms with Gasteiger partial charge in [0.2, 0.25) is 0 Å². The minimum atomic E-state index is -0.0118. The molecule has 0 unspecified atom stereocenters. The van der Waals surface area contributed by atoms with Crippen molar-refractivity contribution in [3.8, 4) is 0 Å². The SMILES string of the molecule is Cc1ccc(C(=O)N(C)c2cccc(CN)c2)cc1C. The minimum Gasteiger partial charge on any atom is -0.326 e. The van der Waals surface area contributed by atoms with Crippen LogP contribution in [0.25, 0.3) is 0 Å². The van der Waals surface area contributed by atoms with Crippen LogP contribution >= 0.6 is 0 Å². The average molecular weight is 268 g/mol. The summed E-state index contributed by atoms with van der Waals surface area (Å²) in [5.41, 5.74) is 10.5. The molecule has 3 heteroatoms. The summed E-state index contributed by atoms with van der Waals surface area (Å²) in [7, 11) is 1.78. The third kappa shape index (κ3) is 2.89. The molecule has 0 radical (unpaired) electrons. The molecule has 2 N–H and O–H groups in total. The van der Waals surface area contributed by atoms with E-state index < -0.39 is 0 Å². The number of aryl methyl sites for hydroxylation is 2. The van der Waals surface area contributed by atoms with Gasteiger partial charge in [-0.1, -0.05) is 18.2 Å². The van der Waals surface area contributed by atoms with Gasteiger partial charge in [-0.15, -0.1) is 0 Å². The number of carbonyl (C=O) groups is 1. The van der Waals surface area contributed by atoms with Gasteiger partial charge in [0.15, 0.2) is 0 Å². The molecule has 0 bridgehead atoms. The van der Waals surface area contributed by atoms with Gasteiger partial charge in [-0.25, -0.2) is 0 Å². The molecular formula is C17H20N2O. The minimum absolute atomic E-state index is 0.0118. The van der Waals surface area contributed by atoms with E-state index in [1.807, 2.05) is 56.3 Å². The summed E-state index contributed by atoms with van der Waals surface area (Å²) in [5, 5.41) is 0. The van der Waals surface area contributed by atoms with E-state index in [9.17, 15) is 4.79 Å². The van der Waals surface area contributed by atoms with Crippen molar-refractivity contribution >= 4 is 11.6 Å². The summed E-state index contributed by atoms with van der Waals surface area (Å²) >= 11 is 0. The van der Waals surface area contributed by atoms with Gasteiger partial charge in [-0.3, -0.25) is 4.79 Å². The van der Waals surface area contributed by atoms with Crippen LogP contribution in [0.1, 0.15) is 27.0 Å². The van der Waals surface area contributed by atoms with Gasteiger partial charge < -0.3 is 10.6 Å². The molecule has 1 amide bonds. The van der Waals surface area contributed by atoms with E-state index in [0.717, 1.165) is 16.8 Å². The summed E-state index contributed by atoms with van der Waals surface area (Å²) in [6.45, 7) is 4.53. The Balaban J connectivity index is 2.29. The Labute approximate surface area is 120 Å². The monoisotopic (exact) mass is 268 g/mol. The summed E-state index contributed by atoms with van der Waals surface area (Å²) in [4.78, 5) is 14.2. The molecule has 0 heterocycles. The quantitative estimate of drug-likeness (QED) is 0.930. The highest BCUT2D eigenvalue weighted by Gasteiger charge is 2.14. The molecule has 3 nitrogen and oxygen atoms in total. The van der Waals surface area contributed by atoms with Gasteiger partial charge in [0.1, 0.15) is 0 Å². The van der Waals surface area contributed by atoms with Crippen LogP contribution in [0.2, 0.25) is 0 Å². The van der Waals surface area contributed by atoms with Gasteiger partial charge in [-0.2, -0.15) is 0 Å². The van der Waals surface area contributed by atoms with Crippen LogP contribution in [0.15, 0.2) is 42.5 Å². The number of hydrogen-bond donors (Lipinski definition) is 1. The molecule has 104 valence electrons. The second kappa shape index (κ2) is 5.88. The van der Waals surface area contributed by atoms with Crippen LogP contribution in [-0.4, -0.2) is 13.0 Å². The number of rotatable bonds is 3. The van der Waals surface area contributed by atoms with Crippen molar-refractivity contribution in [1.82, 2.24) is 0 Å². The Kier molecular flexibility index (Phi) is 4.20. The van der Waals surface area contributed by atoms with Crippen molar-refractivity contribution in [3.05, 3.63) is 64.7 Å². The van der Waals surface area contributed by atoms with Crippen LogP contribution in [-0.2, 0) is 6.54 Å². The lowest BCUT2D eigenvalue weighted by molar-refractivity contribution is 0.0993. The highest BCUT2D eigenvalue weighted by atomic mass is 16.2. The number of benzene rings is 2. The van der Waals surface area contributed by atoms with Crippen molar-refractivity contribution < 1.29 is 4.79 Å². The number of nitrogens with zero attached hydrogens (tertiary/aromatic N) is 1. The van der Waals surface area contributed by atoms with E-state index in [1.54, 1.807) is 11.9 Å². The van der Waals surface area contributed by atoms with Crippen molar-refractivity contribution in [1.29, 1.82) is 0 Å². The zero-order valence-corrected chi connectivity index (χ0v) is 12.2. The molecule has 20 heavy (non-hydrogen) atoms. The Morgan fingerprint density at radius 3 is 2.50 bits per heavy atom. The molecule has 0 saturated carbocycles. The number of nitrogens with two attached hydrogens (primary N) is 1. The number of amides is 1. The van der Waals surface area contributed by atoms with Crippen molar-refractivity contribution in [2.75, 3.05) is 11.9 Å². The van der Waals surface area contributed by atoms with Gasteiger partial charge >= 0.3 is 0 Å². The summed E-state index contributed by atoms with van der Waals surface area (Å²) in [6, 6.07) is 13.5. The van der Waals surface area contributed by atoms with Crippen LogP contribution in [0, 0.1) is 13.8 Å². The van der Waals surface area contributed by atoms with Crippen molar-refractivity contribution in [2.45, 2.75) is 20.4 Å². The highest BCUT2D eigenvalue weighted by molar-refractivity contribution is 6.05. The number of hydrogen-bond acceptors (Lipinski definition) is 2. The third-order valence-corrected chi connectivity index (χ3v) is 3.59. The largest absolute Gasteiger partial charge is 0.326 e. The first kappa shape index (κ1) is 14.3. The normalized spacial score (nSPS) is 10.4. The van der Waals surface area contributed by atoms with E-state index in [-0.39, 0.29) is 5.91 Å². The lowest BCUT2D eigenvalue weighted by Crippen LogP contribution is -2.26. The van der Waals surface area contributed by atoms with Crippen LogP contribution < -0.4 is 10.6 Å². The predicted molar refractivity (Wildman–Crippen MR) is 83.0 cm³/mol. The molecule has 2 aromatic carbocycles. The Bertz CT molecular complexity index is 635. The fourth-order valence-corrected chi connectivity index (χ4v) is 2.08. The second-order valence-electron chi connectivity index (χ2n) is 5.04.